The lowest BCUT2D eigenvalue weighted by Gasteiger charge is -2.41. The highest BCUT2D eigenvalue weighted by Gasteiger charge is 2.55. The first-order valence-electron chi connectivity index (χ1n) is 33.4. The number of hydrogen-bond acceptors (Lipinski definition) is 11. The normalized spacial score (nSPS) is 25.6. The number of likely N-dealkylation sites (N-methyl/N-ethyl adjacent to an activating group) is 7. The van der Waals surface area contributed by atoms with Crippen LogP contribution in [0.2, 0.25) is 5.02 Å². The molecule has 2 aromatic rings. The number of amides is 11. The van der Waals surface area contributed by atoms with Crippen molar-refractivity contribution in [3.05, 3.63) is 69.7 Å². The highest BCUT2D eigenvalue weighted by molar-refractivity contribution is 6.31. The van der Waals surface area contributed by atoms with Crippen molar-refractivity contribution in [1.29, 1.82) is 0 Å². The molecule has 31 heteroatoms. The van der Waals surface area contributed by atoms with E-state index in [9.17, 15) is 64.7 Å². The van der Waals surface area contributed by atoms with Crippen LogP contribution in [0.3, 0.4) is 0 Å². The van der Waals surface area contributed by atoms with Gasteiger partial charge in [-0.15, -0.1) is 0 Å². The molecule has 2 aliphatic heterocycles. The van der Waals surface area contributed by atoms with Crippen molar-refractivity contribution in [2.45, 2.75) is 197 Å². The van der Waals surface area contributed by atoms with Gasteiger partial charge in [0.25, 0.3) is 5.92 Å². The van der Waals surface area contributed by atoms with Crippen LogP contribution in [-0.4, -0.2) is 233 Å². The van der Waals surface area contributed by atoms with Crippen molar-refractivity contribution in [2.24, 2.45) is 17.8 Å². The SMILES string of the molecule is CC[C@H](C)[C@@H]1NC(=O)[C@H](CC(C)C)N(C)C(=O)C[C@@H](C)N(C)C(=O)[C@H](C2CCCC2)N(C)C(=O)C2(CCCC2)NC(=O)[C@@H]2CC(F)(F)CN2C(=O)[C@H](CCc2ccc(C(F)(F)F)c(Cl)c2)NC(=O)CN(C)C(=O)[C@H](Cc2ccc(C(F)(F)F)cc2)N(C)C(=O)CN(C)C(=O)CN(C)C1=O. The fourth-order valence-corrected chi connectivity index (χ4v) is 13.8. The fraction of sp³-hybridized carbons (Fsp3) is 0.662. The molecule has 0 aromatic heterocycles. The zero-order valence-electron chi connectivity index (χ0n) is 58.2. The van der Waals surface area contributed by atoms with Crippen molar-refractivity contribution < 1.29 is 87.9 Å². The lowest BCUT2D eigenvalue weighted by molar-refractivity contribution is -0.153. The van der Waals surface area contributed by atoms with Gasteiger partial charge in [-0.25, -0.2) is 8.78 Å². The summed E-state index contributed by atoms with van der Waals surface area (Å²) in [7, 11) is 9.07. The minimum Gasteiger partial charge on any atom is -0.343 e. The van der Waals surface area contributed by atoms with Crippen molar-refractivity contribution in [3.63, 3.8) is 0 Å². The van der Waals surface area contributed by atoms with Crippen LogP contribution in [-0.2, 0) is 77.9 Å². The molecule has 2 saturated carbocycles. The molecule has 2 heterocycles. The second kappa shape index (κ2) is 33.2. The van der Waals surface area contributed by atoms with Gasteiger partial charge < -0.3 is 55.1 Å². The van der Waals surface area contributed by atoms with Gasteiger partial charge in [0.2, 0.25) is 65.0 Å². The first-order chi connectivity index (χ1) is 46.0. The van der Waals surface area contributed by atoms with Gasteiger partial charge in [0.15, 0.2) is 0 Å². The fourth-order valence-electron chi connectivity index (χ4n) is 13.5. The van der Waals surface area contributed by atoms with E-state index in [-0.39, 0.29) is 49.1 Å². The average Bonchev–Trinajstić information content (AvgIpc) is 1.68. The number of fused-ring (bicyclic) bond motifs is 1. The number of alkyl halides is 8. The van der Waals surface area contributed by atoms with Crippen molar-refractivity contribution in [3.8, 4) is 0 Å². The quantitative estimate of drug-likeness (QED) is 0.215. The number of carbonyl (C=O) groups excluding carboxylic acids is 11. The molecule has 22 nitrogen and oxygen atoms in total. The van der Waals surface area contributed by atoms with Gasteiger partial charge in [0.1, 0.15) is 41.8 Å². The maximum Gasteiger partial charge on any atom is 0.417 e. The van der Waals surface area contributed by atoms with E-state index in [1.54, 1.807) is 20.8 Å². The van der Waals surface area contributed by atoms with E-state index >= 15 is 23.2 Å². The van der Waals surface area contributed by atoms with Gasteiger partial charge in [-0.3, -0.25) is 52.7 Å². The van der Waals surface area contributed by atoms with Gasteiger partial charge in [-0.05, 0) is 105 Å². The van der Waals surface area contributed by atoms with Gasteiger partial charge >= 0.3 is 12.4 Å². The van der Waals surface area contributed by atoms with E-state index in [2.05, 4.69) is 16.0 Å². The predicted octanol–water partition coefficient (Wildman–Crippen LogP) is 6.58. The highest BCUT2D eigenvalue weighted by Crippen LogP contribution is 2.40. The zero-order valence-corrected chi connectivity index (χ0v) is 59.0. The van der Waals surface area contributed by atoms with Crippen LogP contribution in [0.4, 0.5) is 35.1 Å². The summed E-state index contributed by atoms with van der Waals surface area (Å²) in [6.07, 6.45) is -9.00. The number of halogens is 9. The summed E-state index contributed by atoms with van der Waals surface area (Å²) in [5.74, 6) is -14.5. The monoisotopic (exact) mass is 1430 g/mol. The molecule has 2 aliphatic carbocycles. The summed E-state index contributed by atoms with van der Waals surface area (Å²) in [4.78, 5) is 169. The standard InChI is InChI=1S/C68H94ClF8N11O11/c1-13-40(4)56-62(97)83(8)36-54(91)81(6)37-55(92)86(11)50(33-43-20-24-45(25-21-43)67(72,73)74)61(96)82(7)35-52(89)78-48(27-23-42-22-26-46(47(69)32-42)68(75,76)77)60(95)88-38-66(70,71)34-51(88)59(94)80-65(28-16-17-29-65)64(99)87(12)57(44-18-14-15-19-44)63(98)84(9)41(5)31-53(90)85(10)49(30-39(2)3)58(93)79-56/h20-22,24-26,32,39-41,44,48-51,56-57H,13-19,23,27-31,33-38H2,1-12H3,(H,78,89)(H,79,93)(H,80,94)/t40-,41+,48-,49-,50-,51-,56-,57-/m0/s1. The topological polar surface area (TPSA) is 250 Å². The van der Waals surface area contributed by atoms with Crippen LogP contribution in [0, 0.1) is 17.8 Å². The van der Waals surface area contributed by atoms with E-state index in [0.29, 0.717) is 55.9 Å². The van der Waals surface area contributed by atoms with Crippen molar-refractivity contribution >= 4 is 76.6 Å². The number of hydrogen-bond donors (Lipinski definition) is 3. The molecule has 4 aliphatic rings. The minimum atomic E-state index is -4.87. The van der Waals surface area contributed by atoms with E-state index in [0.717, 1.165) is 70.1 Å². The molecule has 2 aromatic carbocycles. The van der Waals surface area contributed by atoms with Crippen LogP contribution < -0.4 is 16.0 Å². The lowest BCUT2D eigenvalue weighted by atomic mass is 9.90. The summed E-state index contributed by atoms with van der Waals surface area (Å²) < 4.78 is 115. The Morgan fingerprint density at radius 3 is 1.77 bits per heavy atom. The largest absolute Gasteiger partial charge is 0.417 e. The predicted molar refractivity (Wildman–Crippen MR) is 348 cm³/mol. The van der Waals surface area contributed by atoms with E-state index < -0.39 is 205 Å². The maximum atomic E-state index is 16.0. The molecule has 4 fully saturated rings. The number of carbonyl (C=O) groups is 11. The second-order valence-corrected chi connectivity index (χ2v) is 28.2. The molecule has 99 heavy (non-hydrogen) atoms. The van der Waals surface area contributed by atoms with Crippen LogP contribution in [0.1, 0.15) is 140 Å². The smallest absolute Gasteiger partial charge is 0.343 e. The van der Waals surface area contributed by atoms with Crippen LogP contribution in [0.25, 0.3) is 0 Å². The molecule has 550 valence electrons. The summed E-state index contributed by atoms with van der Waals surface area (Å²) in [5, 5.41) is 7.25. The number of nitrogens with zero attached hydrogens (tertiary/aromatic N) is 8. The zero-order chi connectivity index (χ0) is 74.1. The molecule has 1 spiro atoms. The molecule has 11 amide bonds. The Labute approximate surface area is 577 Å². The van der Waals surface area contributed by atoms with E-state index in [4.69, 9.17) is 11.6 Å². The average molecular weight is 1430 g/mol. The third-order valence-corrected chi connectivity index (χ3v) is 20.2. The molecular weight excluding hydrogens is 1330 g/mol. The maximum absolute atomic E-state index is 16.0. The Kier molecular flexibility index (Phi) is 26.9. The van der Waals surface area contributed by atoms with Gasteiger partial charge in [0.05, 0.1) is 42.3 Å². The lowest BCUT2D eigenvalue weighted by Crippen LogP contribution is -2.64. The van der Waals surface area contributed by atoms with Crippen LogP contribution in [0.5, 0.6) is 0 Å². The van der Waals surface area contributed by atoms with Gasteiger partial charge in [-0.1, -0.05) is 89.6 Å². The molecule has 8 atom stereocenters. The molecular formula is C68H94ClF8N11O11. The Bertz CT molecular complexity index is 3290. The number of benzene rings is 2. The van der Waals surface area contributed by atoms with Crippen molar-refractivity contribution in [2.75, 3.05) is 75.5 Å². The molecule has 0 bridgehead atoms. The number of nitrogens with one attached hydrogen (secondary N) is 3. The van der Waals surface area contributed by atoms with E-state index in [1.165, 1.54) is 49.9 Å². The molecule has 6 rings (SSSR count). The third kappa shape index (κ3) is 20.1. The Hall–Kier alpha value is -7.66. The summed E-state index contributed by atoms with van der Waals surface area (Å²) in [6, 6.07) is -3.72. The molecule has 3 N–H and O–H groups in total. The highest BCUT2D eigenvalue weighted by atomic mass is 35.5. The summed E-state index contributed by atoms with van der Waals surface area (Å²) in [6.45, 7) is 4.98. The van der Waals surface area contributed by atoms with Gasteiger partial charge in [-0.2, -0.15) is 26.3 Å². The van der Waals surface area contributed by atoms with Gasteiger partial charge in [0, 0.05) is 74.6 Å². The summed E-state index contributed by atoms with van der Waals surface area (Å²) in [5.41, 5.74) is -3.88. The molecule has 2 saturated heterocycles. The first-order valence-corrected chi connectivity index (χ1v) is 33.8. The molecule has 0 radical (unpaired) electrons. The Balaban J connectivity index is 1.43. The third-order valence-electron chi connectivity index (χ3n) is 19.9. The number of aryl methyl sites for hydroxylation is 1. The number of rotatable bonds is 10. The van der Waals surface area contributed by atoms with Crippen molar-refractivity contribution in [1.82, 2.24) is 55.1 Å². The van der Waals surface area contributed by atoms with E-state index in [1.807, 2.05) is 13.8 Å². The molecule has 0 unspecified atom stereocenters. The Morgan fingerprint density at radius 1 is 0.626 bits per heavy atom. The minimum absolute atomic E-state index is 0.0157. The summed E-state index contributed by atoms with van der Waals surface area (Å²) >= 11 is 6.05. The van der Waals surface area contributed by atoms with Crippen LogP contribution in [0.15, 0.2) is 42.5 Å². The first kappa shape index (κ1) is 80.3. The van der Waals surface area contributed by atoms with Crippen LogP contribution >= 0.6 is 11.6 Å². The second-order valence-electron chi connectivity index (χ2n) is 27.8. The Morgan fingerprint density at radius 2 is 1.20 bits per heavy atom.